The van der Waals surface area contributed by atoms with Gasteiger partial charge in [0.25, 0.3) is 0 Å². The van der Waals surface area contributed by atoms with E-state index in [1.165, 1.54) is 11.1 Å². The average molecular weight is 228 g/mol. The summed E-state index contributed by atoms with van der Waals surface area (Å²) in [4.78, 5) is 0. The number of benzene rings is 1. The lowest BCUT2D eigenvalue weighted by Crippen LogP contribution is -2.21. The number of aryl methyl sites for hydroxylation is 1. The lowest BCUT2D eigenvalue weighted by atomic mass is 10.1. The van der Waals surface area contributed by atoms with Gasteiger partial charge in [0.2, 0.25) is 0 Å². The van der Waals surface area contributed by atoms with E-state index in [9.17, 15) is 0 Å². The van der Waals surface area contributed by atoms with Gasteiger partial charge in [0.15, 0.2) is 0 Å². The number of halogens is 1. The van der Waals surface area contributed by atoms with Crippen LogP contribution in [0.4, 0.5) is 0 Å². The molecule has 0 fully saturated rings. The Bertz CT molecular complexity index is 312. The third-order valence-electron chi connectivity index (χ3n) is 2.18. The molecule has 2 nitrogen and oxygen atoms in total. The smallest absolute Gasteiger partial charge is 0.123 e. The van der Waals surface area contributed by atoms with Gasteiger partial charge in [-0.15, -0.1) is 11.6 Å². The van der Waals surface area contributed by atoms with Crippen molar-refractivity contribution in [2.24, 2.45) is 0 Å². The van der Waals surface area contributed by atoms with E-state index in [1.54, 1.807) is 7.11 Å². The zero-order valence-electron chi connectivity index (χ0n) is 9.51. The molecule has 0 amide bonds. The minimum Gasteiger partial charge on any atom is -0.496 e. The molecular formula is C12H18ClNO. The largest absolute Gasteiger partial charge is 0.496 e. The van der Waals surface area contributed by atoms with E-state index in [2.05, 4.69) is 18.3 Å². The molecule has 0 heterocycles. The van der Waals surface area contributed by atoms with E-state index in [1.807, 2.05) is 19.1 Å². The fourth-order valence-corrected chi connectivity index (χ4v) is 1.56. The Labute approximate surface area is 96.6 Å². The maximum Gasteiger partial charge on any atom is 0.123 e. The third-order valence-corrected chi connectivity index (χ3v) is 2.33. The van der Waals surface area contributed by atoms with Gasteiger partial charge in [-0.05, 0) is 19.9 Å². The van der Waals surface area contributed by atoms with Crippen molar-refractivity contribution in [3.63, 3.8) is 0 Å². The molecule has 0 saturated heterocycles. The Morgan fingerprint density at radius 2 is 2.20 bits per heavy atom. The zero-order valence-corrected chi connectivity index (χ0v) is 10.3. The van der Waals surface area contributed by atoms with Gasteiger partial charge in [0.05, 0.1) is 7.11 Å². The SMILES string of the molecule is COc1ccc(C)cc1CNCC(C)Cl. The summed E-state index contributed by atoms with van der Waals surface area (Å²) in [6, 6.07) is 6.17. The van der Waals surface area contributed by atoms with Gasteiger partial charge in [-0.25, -0.2) is 0 Å². The molecule has 0 saturated carbocycles. The first-order valence-electron chi connectivity index (χ1n) is 5.11. The number of ether oxygens (including phenoxy) is 1. The van der Waals surface area contributed by atoms with Crippen molar-refractivity contribution in [1.82, 2.24) is 5.32 Å². The van der Waals surface area contributed by atoms with Crippen LogP contribution >= 0.6 is 11.6 Å². The summed E-state index contributed by atoms with van der Waals surface area (Å²) in [7, 11) is 1.69. The molecule has 0 radical (unpaired) electrons. The highest BCUT2D eigenvalue weighted by atomic mass is 35.5. The van der Waals surface area contributed by atoms with Gasteiger partial charge in [-0.1, -0.05) is 17.7 Å². The quantitative estimate of drug-likeness (QED) is 0.782. The number of nitrogens with one attached hydrogen (secondary N) is 1. The summed E-state index contributed by atoms with van der Waals surface area (Å²) in [6.45, 7) is 5.65. The normalized spacial score (nSPS) is 12.5. The van der Waals surface area contributed by atoms with Crippen LogP contribution in [-0.2, 0) is 6.54 Å². The number of alkyl halides is 1. The molecule has 0 aliphatic carbocycles. The second-order valence-electron chi connectivity index (χ2n) is 3.73. The Kier molecular flexibility index (Phi) is 4.92. The molecule has 3 heteroatoms. The van der Waals surface area contributed by atoms with Gasteiger partial charge < -0.3 is 10.1 Å². The minimum absolute atomic E-state index is 0.154. The van der Waals surface area contributed by atoms with Crippen LogP contribution in [0.25, 0.3) is 0 Å². The fraction of sp³-hybridized carbons (Fsp3) is 0.500. The molecule has 0 aliphatic rings. The van der Waals surface area contributed by atoms with Gasteiger partial charge in [0, 0.05) is 24.0 Å². The topological polar surface area (TPSA) is 21.3 Å². The summed E-state index contributed by atoms with van der Waals surface area (Å²) in [6.07, 6.45) is 0. The highest BCUT2D eigenvalue weighted by Gasteiger charge is 2.03. The first-order chi connectivity index (χ1) is 7.13. The van der Waals surface area contributed by atoms with Crippen molar-refractivity contribution < 1.29 is 4.74 Å². The Balaban J connectivity index is 2.62. The molecule has 84 valence electrons. The second kappa shape index (κ2) is 5.99. The predicted octanol–water partition coefficient (Wildman–Crippen LogP) is 2.72. The molecule has 1 aromatic carbocycles. The maximum absolute atomic E-state index is 5.86. The molecule has 1 aromatic rings. The van der Waals surface area contributed by atoms with E-state index >= 15 is 0 Å². The van der Waals surface area contributed by atoms with Crippen molar-refractivity contribution in [2.75, 3.05) is 13.7 Å². The van der Waals surface area contributed by atoms with Crippen LogP contribution < -0.4 is 10.1 Å². The zero-order chi connectivity index (χ0) is 11.3. The van der Waals surface area contributed by atoms with Gasteiger partial charge in [-0.2, -0.15) is 0 Å². The maximum atomic E-state index is 5.86. The fourth-order valence-electron chi connectivity index (χ4n) is 1.45. The highest BCUT2D eigenvalue weighted by molar-refractivity contribution is 6.20. The van der Waals surface area contributed by atoms with Crippen LogP contribution in [0, 0.1) is 6.92 Å². The summed E-state index contributed by atoms with van der Waals surface area (Å²) >= 11 is 5.86. The highest BCUT2D eigenvalue weighted by Crippen LogP contribution is 2.19. The van der Waals surface area contributed by atoms with Crippen LogP contribution in [0.2, 0.25) is 0 Å². The van der Waals surface area contributed by atoms with Crippen molar-refractivity contribution >= 4 is 11.6 Å². The molecular weight excluding hydrogens is 210 g/mol. The molecule has 1 unspecified atom stereocenters. The number of rotatable bonds is 5. The van der Waals surface area contributed by atoms with Crippen LogP contribution in [0.1, 0.15) is 18.1 Å². The van der Waals surface area contributed by atoms with Crippen molar-refractivity contribution in [3.8, 4) is 5.75 Å². The van der Waals surface area contributed by atoms with Crippen LogP contribution in [0.5, 0.6) is 5.75 Å². The third kappa shape index (κ3) is 4.10. The van der Waals surface area contributed by atoms with E-state index in [0.29, 0.717) is 0 Å². The Hall–Kier alpha value is -0.730. The number of hydrogen-bond acceptors (Lipinski definition) is 2. The summed E-state index contributed by atoms with van der Waals surface area (Å²) in [5, 5.41) is 3.44. The monoisotopic (exact) mass is 227 g/mol. The van der Waals surface area contributed by atoms with E-state index in [0.717, 1.165) is 18.8 Å². The summed E-state index contributed by atoms with van der Waals surface area (Å²) in [5.74, 6) is 0.926. The van der Waals surface area contributed by atoms with Crippen molar-refractivity contribution in [2.45, 2.75) is 25.8 Å². The van der Waals surface area contributed by atoms with Crippen molar-refractivity contribution in [3.05, 3.63) is 29.3 Å². The van der Waals surface area contributed by atoms with Crippen molar-refractivity contribution in [1.29, 1.82) is 0 Å². The molecule has 0 aromatic heterocycles. The Morgan fingerprint density at radius 3 is 2.80 bits per heavy atom. The summed E-state index contributed by atoms with van der Waals surface area (Å²) < 4.78 is 5.28. The van der Waals surface area contributed by atoms with Crippen LogP contribution in [0.15, 0.2) is 18.2 Å². The van der Waals surface area contributed by atoms with Gasteiger partial charge in [-0.3, -0.25) is 0 Å². The molecule has 0 aliphatic heterocycles. The molecule has 0 spiro atoms. The van der Waals surface area contributed by atoms with Crippen LogP contribution in [-0.4, -0.2) is 19.0 Å². The Morgan fingerprint density at radius 1 is 1.47 bits per heavy atom. The summed E-state index contributed by atoms with van der Waals surface area (Å²) in [5.41, 5.74) is 2.42. The lowest BCUT2D eigenvalue weighted by Gasteiger charge is -2.11. The van der Waals surface area contributed by atoms with Gasteiger partial charge in [0.1, 0.15) is 5.75 Å². The molecule has 1 rings (SSSR count). The van der Waals surface area contributed by atoms with E-state index in [4.69, 9.17) is 16.3 Å². The van der Waals surface area contributed by atoms with Gasteiger partial charge >= 0.3 is 0 Å². The van der Waals surface area contributed by atoms with E-state index < -0.39 is 0 Å². The molecule has 15 heavy (non-hydrogen) atoms. The first-order valence-corrected chi connectivity index (χ1v) is 5.55. The van der Waals surface area contributed by atoms with Crippen LogP contribution in [0.3, 0.4) is 0 Å². The van der Waals surface area contributed by atoms with E-state index in [-0.39, 0.29) is 5.38 Å². The molecule has 1 N–H and O–H groups in total. The average Bonchev–Trinajstić information content (AvgIpc) is 2.17. The minimum atomic E-state index is 0.154. The predicted molar refractivity (Wildman–Crippen MR) is 64.8 cm³/mol. The first kappa shape index (κ1) is 12.3. The standard InChI is InChI=1S/C12H18ClNO/c1-9-4-5-12(15-3)11(6-9)8-14-7-10(2)13/h4-6,10,14H,7-8H2,1-3H3. The lowest BCUT2D eigenvalue weighted by molar-refractivity contribution is 0.407. The number of methoxy groups -OCH3 is 1. The molecule has 1 atom stereocenters. The molecule has 0 bridgehead atoms. The second-order valence-corrected chi connectivity index (χ2v) is 4.47. The number of hydrogen-bond donors (Lipinski definition) is 1.